The SMILES string of the molecule is CC(C)(C(=O)NCCc1ccc(F)cc1)C(=O)NC1CCCCC1. The molecular weight excluding hydrogens is 307 g/mol. The molecule has 5 heteroatoms. The summed E-state index contributed by atoms with van der Waals surface area (Å²) in [6, 6.07) is 6.39. The van der Waals surface area contributed by atoms with E-state index in [0.29, 0.717) is 13.0 Å². The third-order valence-corrected chi connectivity index (χ3v) is 4.69. The zero-order valence-electron chi connectivity index (χ0n) is 14.5. The second-order valence-electron chi connectivity index (χ2n) is 7.07. The predicted octanol–water partition coefficient (Wildman–Crippen LogP) is 2.96. The molecule has 0 saturated heterocycles. The zero-order valence-corrected chi connectivity index (χ0v) is 14.5. The molecule has 0 heterocycles. The van der Waals surface area contributed by atoms with Crippen molar-refractivity contribution < 1.29 is 14.0 Å². The number of amides is 2. The number of carbonyl (C=O) groups is 2. The van der Waals surface area contributed by atoms with Crippen LogP contribution in [0.25, 0.3) is 0 Å². The van der Waals surface area contributed by atoms with Crippen LogP contribution in [-0.2, 0) is 16.0 Å². The van der Waals surface area contributed by atoms with Gasteiger partial charge in [0.2, 0.25) is 11.8 Å². The van der Waals surface area contributed by atoms with Crippen LogP contribution in [0.4, 0.5) is 4.39 Å². The Labute approximate surface area is 143 Å². The van der Waals surface area contributed by atoms with E-state index in [-0.39, 0.29) is 23.7 Å². The van der Waals surface area contributed by atoms with Gasteiger partial charge in [-0.15, -0.1) is 0 Å². The molecule has 0 aliphatic heterocycles. The molecule has 1 aromatic rings. The Hall–Kier alpha value is -1.91. The molecule has 0 radical (unpaired) electrons. The molecule has 1 fully saturated rings. The Bertz CT molecular complexity index is 563. The maximum Gasteiger partial charge on any atom is 0.235 e. The lowest BCUT2D eigenvalue weighted by atomic mass is 9.89. The molecule has 2 N–H and O–H groups in total. The minimum absolute atomic E-state index is 0.192. The van der Waals surface area contributed by atoms with Gasteiger partial charge in [0.05, 0.1) is 0 Å². The molecule has 4 nitrogen and oxygen atoms in total. The Balaban J connectivity index is 1.80. The van der Waals surface area contributed by atoms with Crippen molar-refractivity contribution in [2.75, 3.05) is 6.54 Å². The third kappa shape index (κ3) is 5.05. The fourth-order valence-electron chi connectivity index (χ4n) is 2.91. The zero-order chi connectivity index (χ0) is 17.6. The molecule has 24 heavy (non-hydrogen) atoms. The number of hydrogen-bond donors (Lipinski definition) is 2. The fourth-order valence-corrected chi connectivity index (χ4v) is 2.91. The highest BCUT2D eigenvalue weighted by Crippen LogP contribution is 2.21. The first-order valence-electron chi connectivity index (χ1n) is 8.73. The molecule has 0 aromatic heterocycles. The van der Waals surface area contributed by atoms with E-state index in [0.717, 1.165) is 31.2 Å². The predicted molar refractivity (Wildman–Crippen MR) is 91.9 cm³/mol. The van der Waals surface area contributed by atoms with E-state index in [1.165, 1.54) is 18.6 Å². The van der Waals surface area contributed by atoms with Crippen molar-refractivity contribution in [1.82, 2.24) is 10.6 Å². The average Bonchev–Trinajstić information content (AvgIpc) is 2.57. The molecule has 0 bridgehead atoms. The van der Waals surface area contributed by atoms with Crippen molar-refractivity contribution in [3.8, 4) is 0 Å². The van der Waals surface area contributed by atoms with Gasteiger partial charge >= 0.3 is 0 Å². The van der Waals surface area contributed by atoms with Crippen LogP contribution < -0.4 is 10.6 Å². The summed E-state index contributed by atoms with van der Waals surface area (Å²) < 4.78 is 12.9. The van der Waals surface area contributed by atoms with Crippen molar-refractivity contribution >= 4 is 11.8 Å². The number of hydrogen-bond acceptors (Lipinski definition) is 2. The third-order valence-electron chi connectivity index (χ3n) is 4.69. The normalized spacial score (nSPS) is 15.8. The van der Waals surface area contributed by atoms with Gasteiger partial charge in [-0.05, 0) is 50.8 Å². The van der Waals surface area contributed by atoms with Crippen LogP contribution in [0, 0.1) is 11.2 Å². The Morgan fingerprint density at radius 1 is 1.08 bits per heavy atom. The molecular formula is C19H27FN2O2. The summed E-state index contributed by atoms with van der Waals surface area (Å²) in [5, 5.41) is 5.82. The Morgan fingerprint density at radius 3 is 2.33 bits per heavy atom. The number of halogens is 1. The van der Waals surface area contributed by atoms with Crippen LogP contribution in [0.2, 0.25) is 0 Å². The summed E-state index contributed by atoms with van der Waals surface area (Å²) in [5.74, 6) is -0.769. The average molecular weight is 334 g/mol. The maximum absolute atomic E-state index is 12.9. The molecule has 132 valence electrons. The highest BCUT2D eigenvalue weighted by molar-refractivity contribution is 6.04. The van der Waals surface area contributed by atoms with Gasteiger partial charge in [-0.3, -0.25) is 9.59 Å². The molecule has 0 spiro atoms. The van der Waals surface area contributed by atoms with Gasteiger partial charge in [0, 0.05) is 12.6 Å². The van der Waals surface area contributed by atoms with Crippen LogP contribution >= 0.6 is 0 Å². The van der Waals surface area contributed by atoms with Gasteiger partial charge in [0.15, 0.2) is 0 Å². The van der Waals surface area contributed by atoms with E-state index in [9.17, 15) is 14.0 Å². The van der Waals surface area contributed by atoms with Gasteiger partial charge in [-0.25, -0.2) is 4.39 Å². The summed E-state index contributed by atoms with van der Waals surface area (Å²) in [7, 11) is 0. The molecule has 1 aliphatic rings. The highest BCUT2D eigenvalue weighted by atomic mass is 19.1. The molecule has 0 unspecified atom stereocenters. The summed E-state index contributed by atoms with van der Waals surface area (Å²) in [6.07, 6.45) is 6.08. The summed E-state index contributed by atoms with van der Waals surface area (Å²) in [4.78, 5) is 24.8. The lowest BCUT2D eigenvalue weighted by Gasteiger charge is -2.28. The van der Waals surface area contributed by atoms with Crippen molar-refractivity contribution in [2.24, 2.45) is 5.41 Å². The monoisotopic (exact) mass is 334 g/mol. The van der Waals surface area contributed by atoms with Crippen LogP contribution in [-0.4, -0.2) is 24.4 Å². The van der Waals surface area contributed by atoms with Gasteiger partial charge < -0.3 is 10.6 Å². The second kappa shape index (κ2) is 8.27. The van der Waals surface area contributed by atoms with E-state index in [1.54, 1.807) is 26.0 Å². The molecule has 1 aromatic carbocycles. The second-order valence-corrected chi connectivity index (χ2v) is 7.07. The molecule has 2 amide bonds. The lowest BCUT2D eigenvalue weighted by Crippen LogP contribution is -2.51. The first kappa shape index (κ1) is 18.4. The summed E-state index contributed by atoms with van der Waals surface area (Å²) in [6.45, 7) is 3.72. The first-order chi connectivity index (χ1) is 11.4. The van der Waals surface area contributed by atoms with E-state index >= 15 is 0 Å². The van der Waals surface area contributed by atoms with Crippen LogP contribution in [0.5, 0.6) is 0 Å². The van der Waals surface area contributed by atoms with Crippen molar-refractivity contribution in [3.63, 3.8) is 0 Å². The highest BCUT2D eigenvalue weighted by Gasteiger charge is 2.36. The van der Waals surface area contributed by atoms with E-state index < -0.39 is 5.41 Å². The number of rotatable bonds is 6. The summed E-state index contributed by atoms with van der Waals surface area (Å²) in [5.41, 5.74) is -0.151. The minimum Gasteiger partial charge on any atom is -0.355 e. The maximum atomic E-state index is 12.9. The first-order valence-corrected chi connectivity index (χ1v) is 8.73. The standard InChI is InChI=1S/C19H27FN2O2/c1-19(2,18(24)22-16-6-4-3-5-7-16)17(23)21-13-12-14-8-10-15(20)11-9-14/h8-11,16H,3-7,12-13H2,1-2H3,(H,21,23)(H,22,24). The van der Waals surface area contributed by atoms with Crippen molar-refractivity contribution in [1.29, 1.82) is 0 Å². The minimum atomic E-state index is -1.10. The largest absolute Gasteiger partial charge is 0.355 e. The van der Waals surface area contributed by atoms with Crippen molar-refractivity contribution in [3.05, 3.63) is 35.6 Å². The Morgan fingerprint density at radius 2 is 1.71 bits per heavy atom. The fraction of sp³-hybridized carbons (Fsp3) is 0.579. The summed E-state index contributed by atoms with van der Waals surface area (Å²) >= 11 is 0. The molecule has 1 aliphatic carbocycles. The number of carbonyl (C=O) groups excluding carboxylic acids is 2. The van der Waals surface area contributed by atoms with Crippen LogP contribution in [0.15, 0.2) is 24.3 Å². The quantitative estimate of drug-likeness (QED) is 0.786. The molecule has 2 rings (SSSR count). The van der Waals surface area contributed by atoms with E-state index in [2.05, 4.69) is 10.6 Å². The van der Waals surface area contributed by atoms with Gasteiger partial charge in [-0.1, -0.05) is 31.4 Å². The van der Waals surface area contributed by atoms with Gasteiger partial charge in [-0.2, -0.15) is 0 Å². The molecule has 0 atom stereocenters. The van der Waals surface area contributed by atoms with Crippen LogP contribution in [0.3, 0.4) is 0 Å². The smallest absolute Gasteiger partial charge is 0.235 e. The van der Waals surface area contributed by atoms with Gasteiger partial charge in [0.25, 0.3) is 0 Å². The Kier molecular flexibility index (Phi) is 6.35. The number of nitrogens with one attached hydrogen (secondary N) is 2. The topological polar surface area (TPSA) is 58.2 Å². The molecule has 1 saturated carbocycles. The number of benzene rings is 1. The van der Waals surface area contributed by atoms with Gasteiger partial charge in [0.1, 0.15) is 11.2 Å². The van der Waals surface area contributed by atoms with E-state index in [1.807, 2.05) is 0 Å². The lowest BCUT2D eigenvalue weighted by molar-refractivity contribution is -0.141. The van der Waals surface area contributed by atoms with Crippen molar-refractivity contribution in [2.45, 2.75) is 58.4 Å². The van der Waals surface area contributed by atoms with Crippen LogP contribution in [0.1, 0.15) is 51.5 Å². The van der Waals surface area contributed by atoms with E-state index in [4.69, 9.17) is 0 Å².